The van der Waals surface area contributed by atoms with Crippen LogP contribution in [-0.2, 0) is 4.79 Å². The Hall–Kier alpha value is -3.41. The van der Waals surface area contributed by atoms with Crippen LogP contribution in [0.3, 0.4) is 0 Å². The predicted molar refractivity (Wildman–Crippen MR) is 91.0 cm³/mol. The quantitative estimate of drug-likeness (QED) is 0.757. The largest absolute Gasteiger partial charge is 0.343 e. The van der Waals surface area contributed by atoms with Crippen molar-refractivity contribution in [3.63, 3.8) is 0 Å². The standard InChI is InChI=1S/C18H16N4O2/c23-17(13-19-18(24)14-5-2-1-3-6-14)21-15-7-9-16(10-8-15)22-12-4-11-20-22/h1-12H,13H2,(H,19,24)(H,21,23). The molecule has 0 fully saturated rings. The zero-order valence-corrected chi connectivity index (χ0v) is 12.8. The van der Waals surface area contributed by atoms with Crippen LogP contribution in [-0.4, -0.2) is 28.1 Å². The van der Waals surface area contributed by atoms with Crippen LogP contribution in [0.5, 0.6) is 0 Å². The molecule has 0 unspecified atom stereocenters. The Morgan fingerprint density at radius 1 is 0.958 bits per heavy atom. The number of hydrogen-bond donors (Lipinski definition) is 2. The molecule has 6 heteroatoms. The molecule has 0 aliphatic carbocycles. The van der Waals surface area contributed by atoms with Crippen LogP contribution in [0.15, 0.2) is 73.1 Å². The van der Waals surface area contributed by atoms with Crippen LogP contribution in [0.1, 0.15) is 10.4 Å². The molecule has 1 heterocycles. The first-order valence-corrected chi connectivity index (χ1v) is 7.45. The lowest BCUT2D eigenvalue weighted by Crippen LogP contribution is -2.32. The molecule has 0 saturated carbocycles. The average Bonchev–Trinajstić information content (AvgIpc) is 3.16. The van der Waals surface area contributed by atoms with E-state index in [2.05, 4.69) is 15.7 Å². The zero-order chi connectivity index (χ0) is 16.8. The van der Waals surface area contributed by atoms with Gasteiger partial charge in [0.05, 0.1) is 12.2 Å². The van der Waals surface area contributed by atoms with Gasteiger partial charge in [-0.1, -0.05) is 18.2 Å². The van der Waals surface area contributed by atoms with Gasteiger partial charge in [-0.25, -0.2) is 4.68 Å². The molecular weight excluding hydrogens is 304 g/mol. The number of anilines is 1. The van der Waals surface area contributed by atoms with E-state index in [0.717, 1.165) is 5.69 Å². The van der Waals surface area contributed by atoms with E-state index in [4.69, 9.17) is 0 Å². The van der Waals surface area contributed by atoms with Crippen LogP contribution >= 0.6 is 0 Å². The lowest BCUT2D eigenvalue weighted by molar-refractivity contribution is -0.115. The molecule has 3 rings (SSSR count). The predicted octanol–water partition coefficient (Wildman–Crippen LogP) is 2.24. The molecule has 6 nitrogen and oxygen atoms in total. The van der Waals surface area contributed by atoms with Crippen LogP contribution in [0.2, 0.25) is 0 Å². The number of amides is 2. The van der Waals surface area contributed by atoms with Crippen LogP contribution < -0.4 is 10.6 Å². The molecule has 2 amide bonds. The molecule has 120 valence electrons. The van der Waals surface area contributed by atoms with Crippen molar-refractivity contribution >= 4 is 17.5 Å². The topological polar surface area (TPSA) is 76.0 Å². The van der Waals surface area contributed by atoms with Crippen molar-refractivity contribution in [1.29, 1.82) is 0 Å². The van der Waals surface area contributed by atoms with Crippen molar-refractivity contribution in [3.05, 3.63) is 78.6 Å². The molecule has 0 radical (unpaired) electrons. The third-order valence-electron chi connectivity index (χ3n) is 3.37. The maximum absolute atomic E-state index is 11.9. The third kappa shape index (κ3) is 3.86. The zero-order valence-electron chi connectivity index (χ0n) is 12.8. The van der Waals surface area contributed by atoms with Gasteiger partial charge in [0.1, 0.15) is 0 Å². The van der Waals surface area contributed by atoms with Crippen LogP contribution in [0, 0.1) is 0 Å². The summed E-state index contributed by atoms with van der Waals surface area (Å²) in [6, 6.07) is 17.9. The van der Waals surface area contributed by atoms with Gasteiger partial charge in [-0.05, 0) is 42.5 Å². The third-order valence-corrected chi connectivity index (χ3v) is 3.37. The summed E-state index contributed by atoms with van der Waals surface area (Å²) in [5.74, 6) is -0.564. The SMILES string of the molecule is O=C(CNC(=O)c1ccccc1)Nc1ccc(-n2cccn2)cc1. The molecule has 3 aromatic rings. The van der Waals surface area contributed by atoms with Gasteiger partial charge in [-0.2, -0.15) is 5.10 Å². The van der Waals surface area contributed by atoms with Gasteiger partial charge in [-0.15, -0.1) is 0 Å². The summed E-state index contributed by atoms with van der Waals surface area (Å²) in [6.07, 6.45) is 3.54. The van der Waals surface area contributed by atoms with Gasteiger partial charge in [-0.3, -0.25) is 9.59 Å². The summed E-state index contributed by atoms with van der Waals surface area (Å²) < 4.78 is 1.73. The van der Waals surface area contributed by atoms with Gasteiger partial charge in [0.25, 0.3) is 5.91 Å². The van der Waals surface area contributed by atoms with Crippen LogP contribution in [0.25, 0.3) is 5.69 Å². The summed E-state index contributed by atoms with van der Waals surface area (Å²) in [5, 5.41) is 9.46. The minimum atomic E-state index is -0.286. The molecule has 1 aromatic heterocycles. The first-order valence-electron chi connectivity index (χ1n) is 7.45. The van der Waals surface area contributed by atoms with E-state index in [1.165, 1.54) is 0 Å². The highest BCUT2D eigenvalue weighted by Gasteiger charge is 2.07. The van der Waals surface area contributed by atoms with E-state index >= 15 is 0 Å². The Labute approximate surface area is 139 Å². The number of aromatic nitrogens is 2. The minimum Gasteiger partial charge on any atom is -0.343 e. The fourth-order valence-corrected chi connectivity index (χ4v) is 2.18. The smallest absolute Gasteiger partial charge is 0.251 e. The molecule has 0 aliphatic rings. The van der Waals surface area contributed by atoms with Crippen molar-refractivity contribution in [2.24, 2.45) is 0 Å². The monoisotopic (exact) mass is 320 g/mol. The summed E-state index contributed by atoms with van der Waals surface area (Å²) in [6.45, 7) is -0.0887. The normalized spacial score (nSPS) is 10.2. The summed E-state index contributed by atoms with van der Waals surface area (Å²) in [4.78, 5) is 23.8. The fraction of sp³-hybridized carbons (Fsp3) is 0.0556. The van der Waals surface area contributed by atoms with E-state index < -0.39 is 0 Å². The van der Waals surface area contributed by atoms with E-state index in [1.54, 1.807) is 47.3 Å². The lowest BCUT2D eigenvalue weighted by Gasteiger charge is -2.08. The molecule has 24 heavy (non-hydrogen) atoms. The second-order valence-electron chi connectivity index (χ2n) is 5.09. The Morgan fingerprint density at radius 3 is 2.38 bits per heavy atom. The summed E-state index contributed by atoms with van der Waals surface area (Å²) >= 11 is 0. The number of hydrogen-bond acceptors (Lipinski definition) is 3. The highest BCUT2D eigenvalue weighted by molar-refractivity contribution is 5.99. The molecule has 0 spiro atoms. The Morgan fingerprint density at radius 2 is 1.71 bits per heavy atom. The summed E-state index contributed by atoms with van der Waals surface area (Å²) in [7, 11) is 0. The number of nitrogens with one attached hydrogen (secondary N) is 2. The van der Waals surface area contributed by atoms with E-state index in [1.807, 2.05) is 30.5 Å². The molecule has 0 bridgehead atoms. The molecular formula is C18H16N4O2. The highest BCUT2D eigenvalue weighted by atomic mass is 16.2. The first kappa shape index (κ1) is 15.5. The number of benzene rings is 2. The maximum atomic E-state index is 11.9. The molecule has 2 N–H and O–H groups in total. The number of carbonyl (C=O) groups is 2. The maximum Gasteiger partial charge on any atom is 0.251 e. The Balaban J connectivity index is 1.52. The van der Waals surface area contributed by atoms with E-state index in [0.29, 0.717) is 11.3 Å². The van der Waals surface area contributed by atoms with Gasteiger partial charge >= 0.3 is 0 Å². The number of rotatable bonds is 5. The Kier molecular flexibility index (Phi) is 4.67. The average molecular weight is 320 g/mol. The van der Waals surface area contributed by atoms with Crippen molar-refractivity contribution < 1.29 is 9.59 Å². The first-order chi connectivity index (χ1) is 11.7. The van der Waals surface area contributed by atoms with Crippen LogP contribution in [0.4, 0.5) is 5.69 Å². The van der Waals surface area contributed by atoms with E-state index in [9.17, 15) is 9.59 Å². The van der Waals surface area contributed by atoms with E-state index in [-0.39, 0.29) is 18.4 Å². The van der Waals surface area contributed by atoms with Gasteiger partial charge in [0.15, 0.2) is 0 Å². The highest BCUT2D eigenvalue weighted by Crippen LogP contribution is 2.12. The van der Waals surface area contributed by atoms with Gasteiger partial charge in [0.2, 0.25) is 5.91 Å². The van der Waals surface area contributed by atoms with Gasteiger partial charge in [0, 0.05) is 23.6 Å². The number of nitrogens with zero attached hydrogens (tertiary/aromatic N) is 2. The molecule has 0 aliphatic heterocycles. The number of carbonyl (C=O) groups excluding carboxylic acids is 2. The molecule has 2 aromatic carbocycles. The lowest BCUT2D eigenvalue weighted by atomic mass is 10.2. The molecule has 0 atom stereocenters. The van der Waals surface area contributed by atoms with Crippen molar-refractivity contribution in [2.75, 3.05) is 11.9 Å². The van der Waals surface area contributed by atoms with Crippen molar-refractivity contribution in [1.82, 2.24) is 15.1 Å². The van der Waals surface area contributed by atoms with Crippen molar-refractivity contribution in [3.8, 4) is 5.69 Å². The second kappa shape index (κ2) is 7.23. The molecule has 0 saturated heterocycles. The van der Waals surface area contributed by atoms with Gasteiger partial charge < -0.3 is 10.6 Å². The van der Waals surface area contributed by atoms with Crippen molar-refractivity contribution in [2.45, 2.75) is 0 Å². The fourth-order valence-electron chi connectivity index (χ4n) is 2.18. The summed E-state index contributed by atoms with van der Waals surface area (Å²) in [5.41, 5.74) is 2.08. The Bertz CT molecular complexity index is 812. The minimum absolute atomic E-state index is 0.0887. The second-order valence-corrected chi connectivity index (χ2v) is 5.09.